The van der Waals surface area contributed by atoms with Crippen molar-refractivity contribution in [2.24, 2.45) is 0 Å². The van der Waals surface area contributed by atoms with Crippen molar-refractivity contribution in [3.05, 3.63) is 11.9 Å². The van der Waals surface area contributed by atoms with E-state index in [1.165, 1.54) is 18.5 Å². The van der Waals surface area contributed by atoms with Crippen LogP contribution in [0.4, 0.5) is 0 Å². The molecule has 0 aromatic carbocycles. The Morgan fingerprint density at radius 2 is 2.35 bits per heavy atom. The fourth-order valence-electron chi connectivity index (χ4n) is 2.82. The molecule has 2 unspecified atom stereocenters. The lowest BCUT2D eigenvalue weighted by atomic mass is 10.0. The third kappa shape index (κ3) is 4.28. The number of nitrogens with one attached hydrogen (secondary N) is 1. The van der Waals surface area contributed by atoms with E-state index in [-0.39, 0.29) is 0 Å². The molecule has 20 heavy (non-hydrogen) atoms. The normalized spacial score (nSPS) is 20.4. The van der Waals surface area contributed by atoms with Crippen LogP contribution in [0, 0.1) is 0 Å². The number of rotatable bonds is 9. The first-order valence-corrected chi connectivity index (χ1v) is 8.08. The van der Waals surface area contributed by atoms with Gasteiger partial charge in [0.15, 0.2) is 0 Å². The quantitative estimate of drug-likeness (QED) is 0.755. The molecule has 0 aliphatic carbocycles. The molecular formula is C15H28N4O. The van der Waals surface area contributed by atoms with Crippen LogP contribution >= 0.6 is 0 Å². The van der Waals surface area contributed by atoms with Crippen molar-refractivity contribution in [1.82, 2.24) is 20.3 Å². The van der Waals surface area contributed by atoms with Crippen LogP contribution in [0.15, 0.2) is 6.20 Å². The fourth-order valence-corrected chi connectivity index (χ4v) is 2.82. The van der Waals surface area contributed by atoms with Crippen molar-refractivity contribution < 1.29 is 4.74 Å². The molecule has 2 rings (SSSR count). The maximum absolute atomic E-state index is 5.74. The average Bonchev–Trinajstić information content (AvgIpc) is 3.11. The highest BCUT2D eigenvalue weighted by Crippen LogP contribution is 2.23. The minimum Gasteiger partial charge on any atom is -0.378 e. The van der Waals surface area contributed by atoms with Crippen LogP contribution in [0.25, 0.3) is 0 Å². The molecule has 114 valence electrons. The second-order valence-electron chi connectivity index (χ2n) is 5.60. The van der Waals surface area contributed by atoms with Crippen molar-refractivity contribution in [3.63, 3.8) is 0 Å². The lowest BCUT2D eigenvalue weighted by molar-refractivity contribution is 0.0993. The highest BCUT2D eigenvalue weighted by atomic mass is 16.5. The summed E-state index contributed by atoms with van der Waals surface area (Å²) in [6.45, 7) is 7.29. The Morgan fingerprint density at radius 1 is 1.45 bits per heavy atom. The van der Waals surface area contributed by atoms with E-state index in [4.69, 9.17) is 4.74 Å². The first-order chi connectivity index (χ1) is 9.85. The zero-order valence-electron chi connectivity index (χ0n) is 12.8. The minimum atomic E-state index is 0.348. The molecule has 0 amide bonds. The molecule has 1 aromatic heterocycles. The average molecular weight is 280 g/mol. The van der Waals surface area contributed by atoms with E-state index in [1.807, 2.05) is 10.9 Å². The Morgan fingerprint density at radius 3 is 3.05 bits per heavy atom. The van der Waals surface area contributed by atoms with E-state index >= 15 is 0 Å². The molecule has 2 atom stereocenters. The summed E-state index contributed by atoms with van der Waals surface area (Å²) in [5.74, 6) is 0. The van der Waals surface area contributed by atoms with Gasteiger partial charge in [-0.2, -0.15) is 0 Å². The number of hydrogen-bond acceptors (Lipinski definition) is 4. The molecule has 1 saturated heterocycles. The van der Waals surface area contributed by atoms with Crippen LogP contribution in [0.3, 0.4) is 0 Å². The van der Waals surface area contributed by atoms with Gasteiger partial charge in [-0.05, 0) is 45.1 Å². The molecule has 0 bridgehead atoms. The summed E-state index contributed by atoms with van der Waals surface area (Å²) >= 11 is 0. The van der Waals surface area contributed by atoms with Crippen LogP contribution < -0.4 is 5.32 Å². The molecule has 5 nitrogen and oxygen atoms in total. The second-order valence-corrected chi connectivity index (χ2v) is 5.60. The van der Waals surface area contributed by atoms with Crippen LogP contribution in [-0.2, 0) is 11.3 Å². The molecular weight excluding hydrogens is 252 g/mol. The SMILES string of the molecule is CCCNC(CCC1CCCO1)c1cnnn1CCC. The maximum Gasteiger partial charge on any atom is 0.0756 e. The molecule has 1 N–H and O–H groups in total. The van der Waals surface area contributed by atoms with E-state index < -0.39 is 0 Å². The first kappa shape index (κ1) is 15.4. The van der Waals surface area contributed by atoms with Crippen LogP contribution in [-0.4, -0.2) is 34.2 Å². The van der Waals surface area contributed by atoms with Crippen molar-refractivity contribution in [2.75, 3.05) is 13.2 Å². The highest BCUT2D eigenvalue weighted by molar-refractivity contribution is 5.02. The molecule has 2 heterocycles. The van der Waals surface area contributed by atoms with Crippen molar-refractivity contribution in [1.29, 1.82) is 0 Å². The highest BCUT2D eigenvalue weighted by Gasteiger charge is 2.21. The summed E-state index contributed by atoms with van der Waals surface area (Å²) in [7, 11) is 0. The smallest absolute Gasteiger partial charge is 0.0756 e. The maximum atomic E-state index is 5.74. The molecule has 1 aliphatic heterocycles. The van der Waals surface area contributed by atoms with Crippen LogP contribution in [0.5, 0.6) is 0 Å². The van der Waals surface area contributed by atoms with Gasteiger partial charge in [0, 0.05) is 13.2 Å². The molecule has 1 aliphatic rings. The molecule has 0 spiro atoms. The van der Waals surface area contributed by atoms with Gasteiger partial charge in [0.05, 0.1) is 24.0 Å². The van der Waals surface area contributed by atoms with Crippen molar-refractivity contribution in [3.8, 4) is 0 Å². The summed E-state index contributed by atoms with van der Waals surface area (Å²) < 4.78 is 7.78. The van der Waals surface area contributed by atoms with E-state index in [0.29, 0.717) is 12.1 Å². The molecule has 5 heteroatoms. The zero-order valence-corrected chi connectivity index (χ0v) is 12.8. The second kappa shape index (κ2) is 8.37. The van der Waals surface area contributed by atoms with E-state index in [9.17, 15) is 0 Å². The number of aryl methyl sites for hydroxylation is 1. The Labute approximate surface area is 122 Å². The third-order valence-corrected chi connectivity index (χ3v) is 3.88. The number of hydrogen-bond donors (Lipinski definition) is 1. The molecule has 1 aromatic rings. The van der Waals surface area contributed by atoms with Crippen molar-refractivity contribution in [2.45, 2.75) is 71.1 Å². The molecule has 1 fully saturated rings. The van der Waals surface area contributed by atoms with Gasteiger partial charge < -0.3 is 10.1 Å². The summed E-state index contributed by atoms with van der Waals surface area (Å²) in [5.41, 5.74) is 1.22. The largest absolute Gasteiger partial charge is 0.378 e. The first-order valence-electron chi connectivity index (χ1n) is 8.08. The van der Waals surface area contributed by atoms with Gasteiger partial charge in [-0.25, -0.2) is 4.68 Å². The fraction of sp³-hybridized carbons (Fsp3) is 0.867. The summed E-state index contributed by atoms with van der Waals surface area (Å²) in [5, 5.41) is 11.9. The number of ether oxygens (including phenoxy) is 1. The number of nitrogens with zero attached hydrogens (tertiary/aromatic N) is 3. The predicted octanol–water partition coefficient (Wildman–Crippen LogP) is 2.69. The van der Waals surface area contributed by atoms with Gasteiger partial charge in [-0.15, -0.1) is 5.10 Å². The zero-order chi connectivity index (χ0) is 14.2. The van der Waals surface area contributed by atoms with Gasteiger partial charge in [0.25, 0.3) is 0 Å². The summed E-state index contributed by atoms with van der Waals surface area (Å²) in [6, 6.07) is 0.348. The third-order valence-electron chi connectivity index (χ3n) is 3.88. The lowest BCUT2D eigenvalue weighted by Gasteiger charge is -2.20. The van der Waals surface area contributed by atoms with E-state index in [1.54, 1.807) is 0 Å². The van der Waals surface area contributed by atoms with Crippen molar-refractivity contribution >= 4 is 0 Å². The number of aromatic nitrogens is 3. The molecule has 0 saturated carbocycles. The Bertz CT molecular complexity index is 374. The van der Waals surface area contributed by atoms with Gasteiger partial charge >= 0.3 is 0 Å². The molecule has 0 radical (unpaired) electrons. The summed E-state index contributed by atoms with van der Waals surface area (Å²) in [4.78, 5) is 0. The van der Waals surface area contributed by atoms with Gasteiger partial charge in [-0.1, -0.05) is 19.1 Å². The Balaban J connectivity index is 1.95. The Hall–Kier alpha value is -0.940. The standard InChI is InChI=1S/C15H28N4O/c1-3-9-16-14(8-7-13-6-5-11-20-13)15-12-17-18-19(15)10-4-2/h12-14,16H,3-11H2,1-2H3. The van der Waals surface area contributed by atoms with E-state index in [0.717, 1.165) is 45.4 Å². The van der Waals surface area contributed by atoms with Gasteiger partial charge in [0.1, 0.15) is 0 Å². The summed E-state index contributed by atoms with van der Waals surface area (Å²) in [6.07, 6.45) is 9.25. The van der Waals surface area contributed by atoms with Crippen LogP contribution in [0.2, 0.25) is 0 Å². The van der Waals surface area contributed by atoms with E-state index in [2.05, 4.69) is 29.5 Å². The lowest BCUT2D eigenvalue weighted by Crippen LogP contribution is -2.26. The van der Waals surface area contributed by atoms with Gasteiger partial charge in [0.2, 0.25) is 0 Å². The Kier molecular flexibility index (Phi) is 6.47. The monoisotopic (exact) mass is 280 g/mol. The van der Waals surface area contributed by atoms with Gasteiger partial charge in [-0.3, -0.25) is 0 Å². The predicted molar refractivity (Wildman–Crippen MR) is 79.6 cm³/mol. The minimum absolute atomic E-state index is 0.348. The topological polar surface area (TPSA) is 52.0 Å². The van der Waals surface area contributed by atoms with Crippen LogP contribution in [0.1, 0.15) is 64.1 Å².